The fourth-order valence-corrected chi connectivity index (χ4v) is 2.87. The van der Waals surface area contributed by atoms with Gasteiger partial charge in [-0.3, -0.25) is 4.79 Å². The highest BCUT2D eigenvalue weighted by Crippen LogP contribution is 2.28. The number of carbonyl (C=O) groups excluding carboxylic acids is 1. The van der Waals surface area contributed by atoms with E-state index in [-0.39, 0.29) is 18.5 Å². The average Bonchev–Trinajstić information content (AvgIpc) is 2.71. The van der Waals surface area contributed by atoms with Gasteiger partial charge in [-0.05, 0) is 27.2 Å². The number of nitrogens with one attached hydrogen (secondary N) is 1. The van der Waals surface area contributed by atoms with E-state index in [1.807, 2.05) is 20.8 Å². The van der Waals surface area contributed by atoms with Gasteiger partial charge in [0.15, 0.2) is 0 Å². The van der Waals surface area contributed by atoms with Gasteiger partial charge in [-0.25, -0.2) is 9.78 Å². The van der Waals surface area contributed by atoms with Crippen LogP contribution in [0.5, 0.6) is 0 Å². The second kappa shape index (κ2) is 7.23. The van der Waals surface area contributed by atoms with Crippen LogP contribution in [0.25, 0.3) is 0 Å². The Labute approximate surface area is 122 Å². The monoisotopic (exact) mass is 299 g/mol. The van der Waals surface area contributed by atoms with Crippen LogP contribution in [-0.4, -0.2) is 40.6 Å². The standard InChI is InChI=1S/C13H21N3O3S/c1-8-12(20-10(3)15-8)9(2)16(4)13(19)14-7-5-6-11(17)18/h9H,5-7H2,1-4H3,(H,14,19)(H,17,18). The minimum absolute atomic E-state index is 0.0549. The number of carbonyl (C=O) groups is 2. The lowest BCUT2D eigenvalue weighted by Crippen LogP contribution is -2.39. The zero-order valence-corrected chi connectivity index (χ0v) is 13.1. The Hall–Kier alpha value is -1.63. The van der Waals surface area contributed by atoms with E-state index in [0.717, 1.165) is 15.6 Å². The first kappa shape index (κ1) is 16.4. The van der Waals surface area contributed by atoms with E-state index in [4.69, 9.17) is 5.11 Å². The minimum Gasteiger partial charge on any atom is -0.481 e. The predicted molar refractivity (Wildman–Crippen MR) is 78.0 cm³/mol. The van der Waals surface area contributed by atoms with E-state index in [1.165, 1.54) is 0 Å². The molecule has 1 aromatic rings. The SMILES string of the molecule is Cc1nc(C)c(C(C)N(C)C(=O)NCCCC(=O)O)s1. The maximum absolute atomic E-state index is 12.0. The first-order valence-electron chi connectivity index (χ1n) is 6.49. The molecule has 0 radical (unpaired) electrons. The Morgan fingerprint density at radius 1 is 1.45 bits per heavy atom. The van der Waals surface area contributed by atoms with Crippen molar-refractivity contribution in [2.24, 2.45) is 0 Å². The molecule has 0 bridgehead atoms. The lowest BCUT2D eigenvalue weighted by atomic mass is 10.2. The van der Waals surface area contributed by atoms with Crippen LogP contribution >= 0.6 is 11.3 Å². The van der Waals surface area contributed by atoms with Crippen LogP contribution in [0.15, 0.2) is 0 Å². The normalized spacial score (nSPS) is 12.0. The number of nitrogens with zero attached hydrogens (tertiary/aromatic N) is 2. The van der Waals surface area contributed by atoms with Gasteiger partial charge in [0.2, 0.25) is 0 Å². The fourth-order valence-electron chi connectivity index (χ4n) is 1.85. The molecule has 2 amide bonds. The van der Waals surface area contributed by atoms with Crippen molar-refractivity contribution in [3.63, 3.8) is 0 Å². The number of amides is 2. The smallest absolute Gasteiger partial charge is 0.317 e. The summed E-state index contributed by atoms with van der Waals surface area (Å²) in [6, 6.07) is -0.256. The summed E-state index contributed by atoms with van der Waals surface area (Å²) in [5.41, 5.74) is 0.950. The van der Waals surface area contributed by atoms with Gasteiger partial charge in [0.05, 0.1) is 16.7 Å². The third kappa shape index (κ3) is 4.48. The topological polar surface area (TPSA) is 82.5 Å². The number of hydrogen-bond donors (Lipinski definition) is 2. The molecule has 6 nitrogen and oxygen atoms in total. The first-order valence-corrected chi connectivity index (χ1v) is 7.31. The number of hydrogen-bond acceptors (Lipinski definition) is 4. The zero-order valence-electron chi connectivity index (χ0n) is 12.3. The number of rotatable bonds is 6. The molecule has 0 aromatic carbocycles. The summed E-state index contributed by atoms with van der Waals surface area (Å²) in [6.45, 7) is 6.20. The molecule has 0 saturated carbocycles. The molecule has 2 N–H and O–H groups in total. The lowest BCUT2D eigenvalue weighted by molar-refractivity contribution is -0.137. The molecule has 112 valence electrons. The van der Waals surface area contributed by atoms with Crippen molar-refractivity contribution in [3.8, 4) is 0 Å². The number of carboxylic acid groups (broad SMARTS) is 1. The lowest BCUT2D eigenvalue weighted by Gasteiger charge is -2.24. The van der Waals surface area contributed by atoms with Crippen molar-refractivity contribution >= 4 is 23.3 Å². The molecule has 1 heterocycles. The number of aromatic nitrogens is 1. The highest BCUT2D eigenvalue weighted by Gasteiger charge is 2.21. The van der Waals surface area contributed by atoms with E-state index in [0.29, 0.717) is 13.0 Å². The van der Waals surface area contributed by atoms with Crippen molar-refractivity contribution in [3.05, 3.63) is 15.6 Å². The summed E-state index contributed by atoms with van der Waals surface area (Å²) in [7, 11) is 1.73. The van der Waals surface area contributed by atoms with Crippen LogP contribution < -0.4 is 5.32 Å². The maximum atomic E-state index is 12.0. The number of aryl methyl sites for hydroxylation is 2. The summed E-state index contributed by atoms with van der Waals surface area (Å²) in [4.78, 5) is 29.4. The molecule has 0 aliphatic rings. The number of carboxylic acids is 1. The molecule has 1 atom stereocenters. The van der Waals surface area contributed by atoms with E-state index in [9.17, 15) is 9.59 Å². The van der Waals surface area contributed by atoms with Crippen LogP contribution in [0, 0.1) is 13.8 Å². The molecule has 1 aromatic heterocycles. The molecule has 1 rings (SSSR count). The Balaban J connectivity index is 2.51. The molecular weight excluding hydrogens is 278 g/mol. The summed E-state index contributed by atoms with van der Waals surface area (Å²) in [6.07, 6.45) is 0.495. The van der Waals surface area contributed by atoms with Gasteiger partial charge in [-0.1, -0.05) is 0 Å². The van der Waals surface area contributed by atoms with E-state index >= 15 is 0 Å². The number of urea groups is 1. The molecule has 0 spiro atoms. The van der Waals surface area contributed by atoms with Crippen molar-refractivity contribution in [1.82, 2.24) is 15.2 Å². The van der Waals surface area contributed by atoms with Crippen LogP contribution in [0.1, 0.15) is 41.4 Å². The molecule has 1 unspecified atom stereocenters. The Morgan fingerprint density at radius 3 is 2.60 bits per heavy atom. The second-order valence-corrected chi connectivity index (χ2v) is 5.93. The molecule has 20 heavy (non-hydrogen) atoms. The fraction of sp³-hybridized carbons (Fsp3) is 0.615. The highest BCUT2D eigenvalue weighted by atomic mass is 32.1. The van der Waals surface area contributed by atoms with E-state index in [1.54, 1.807) is 23.3 Å². The third-order valence-electron chi connectivity index (χ3n) is 3.06. The predicted octanol–water partition coefficient (Wildman–Crippen LogP) is 2.33. The zero-order chi connectivity index (χ0) is 15.3. The highest BCUT2D eigenvalue weighted by molar-refractivity contribution is 7.11. The Morgan fingerprint density at radius 2 is 2.10 bits per heavy atom. The van der Waals surface area contributed by atoms with Crippen molar-refractivity contribution in [2.75, 3.05) is 13.6 Å². The van der Waals surface area contributed by atoms with Gasteiger partial charge in [-0.15, -0.1) is 11.3 Å². The van der Waals surface area contributed by atoms with Gasteiger partial charge < -0.3 is 15.3 Å². The molecule has 0 aliphatic heterocycles. The minimum atomic E-state index is -0.850. The van der Waals surface area contributed by atoms with Crippen LogP contribution in [0.3, 0.4) is 0 Å². The molecule has 0 aliphatic carbocycles. The molecule has 7 heteroatoms. The summed E-state index contributed by atoms with van der Waals surface area (Å²) in [5.74, 6) is -0.850. The summed E-state index contributed by atoms with van der Waals surface area (Å²) >= 11 is 1.59. The number of thiazole rings is 1. The van der Waals surface area contributed by atoms with Gasteiger partial charge in [0.1, 0.15) is 0 Å². The third-order valence-corrected chi connectivity index (χ3v) is 4.31. The van der Waals surface area contributed by atoms with Crippen molar-refractivity contribution < 1.29 is 14.7 Å². The Bertz CT molecular complexity index is 487. The maximum Gasteiger partial charge on any atom is 0.317 e. The summed E-state index contributed by atoms with van der Waals surface area (Å²) < 4.78 is 0. The second-order valence-electron chi connectivity index (χ2n) is 4.70. The van der Waals surface area contributed by atoms with Crippen LogP contribution in [0.2, 0.25) is 0 Å². The molecule has 0 saturated heterocycles. The van der Waals surface area contributed by atoms with E-state index in [2.05, 4.69) is 10.3 Å². The van der Waals surface area contributed by atoms with Crippen molar-refractivity contribution in [2.45, 2.75) is 39.7 Å². The quantitative estimate of drug-likeness (QED) is 0.790. The van der Waals surface area contributed by atoms with Crippen LogP contribution in [-0.2, 0) is 4.79 Å². The Kier molecular flexibility index (Phi) is 5.94. The first-order chi connectivity index (χ1) is 9.32. The van der Waals surface area contributed by atoms with Gasteiger partial charge in [0.25, 0.3) is 0 Å². The van der Waals surface area contributed by atoms with Gasteiger partial charge in [0, 0.05) is 24.9 Å². The molecule has 0 fully saturated rings. The number of aliphatic carboxylic acids is 1. The average molecular weight is 299 g/mol. The largest absolute Gasteiger partial charge is 0.481 e. The van der Waals surface area contributed by atoms with E-state index < -0.39 is 5.97 Å². The summed E-state index contributed by atoms with van der Waals surface area (Å²) in [5, 5.41) is 12.2. The molecular formula is C13H21N3O3S. The van der Waals surface area contributed by atoms with Crippen LogP contribution in [0.4, 0.5) is 4.79 Å². The van der Waals surface area contributed by atoms with Gasteiger partial charge in [-0.2, -0.15) is 0 Å². The van der Waals surface area contributed by atoms with Crippen molar-refractivity contribution in [1.29, 1.82) is 0 Å². The van der Waals surface area contributed by atoms with Gasteiger partial charge >= 0.3 is 12.0 Å².